The van der Waals surface area contributed by atoms with E-state index in [0.29, 0.717) is 23.4 Å². The van der Waals surface area contributed by atoms with Crippen LogP contribution < -0.4 is 0 Å². The van der Waals surface area contributed by atoms with Gasteiger partial charge in [0, 0.05) is 11.1 Å². The molecule has 2 atom stereocenters. The molecule has 1 saturated heterocycles. The fourth-order valence-electron chi connectivity index (χ4n) is 4.33. The molecule has 1 aliphatic heterocycles. The van der Waals surface area contributed by atoms with E-state index >= 15 is 0 Å². The van der Waals surface area contributed by atoms with Gasteiger partial charge in [-0.1, -0.05) is 48.7 Å². The molecule has 1 saturated carbocycles. The number of fused-ring (bicyclic) bond motifs is 1. The van der Waals surface area contributed by atoms with Gasteiger partial charge < -0.3 is 0 Å². The fraction of sp³-hybridized carbons (Fsp3) is 0.318. The lowest BCUT2D eigenvalue weighted by atomic mass is 9.81. The molecule has 0 unspecified atom stereocenters. The molecule has 4 rings (SSSR count). The summed E-state index contributed by atoms with van der Waals surface area (Å²) in [4.78, 5) is 50.6. The summed E-state index contributed by atoms with van der Waals surface area (Å²) >= 11 is 5.94. The molecule has 160 valence electrons. The minimum Gasteiger partial charge on any atom is -0.272 e. The molecule has 2 fully saturated rings. The Hall–Kier alpha value is -3.26. The molecule has 8 nitrogen and oxygen atoms in total. The van der Waals surface area contributed by atoms with Crippen molar-refractivity contribution in [3.8, 4) is 0 Å². The van der Waals surface area contributed by atoms with Crippen molar-refractivity contribution in [1.29, 1.82) is 0 Å². The molecule has 0 N–H and O–H groups in total. The summed E-state index contributed by atoms with van der Waals surface area (Å²) in [6.07, 6.45) is 2.90. The molecule has 2 aromatic carbocycles. The maximum atomic E-state index is 13.5. The number of rotatable bonds is 5. The topological polar surface area (TPSA) is 101 Å². The van der Waals surface area contributed by atoms with Gasteiger partial charge in [0.2, 0.25) is 0 Å². The van der Waals surface area contributed by atoms with E-state index in [1.54, 1.807) is 24.3 Å². The van der Waals surface area contributed by atoms with Crippen molar-refractivity contribution in [3.63, 3.8) is 0 Å². The Labute approximate surface area is 183 Å². The van der Waals surface area contributed by atoms with Crippen LogP contribution in [0.4, 0.5) is 5.69 Å². The van der Waals surface area contributed by atoms with Crippen molar-refractivity contribution in [1.82, 2.24) is 10.0 Å². The van der Waals surface area contributed by atoms with Crippen LogP contribution in [0.2, 0.25) is 5.02 Å². The molecule has 3 amide bonds. The molecule has 2 aliphatic rings. The largest absolute Gasteiger partial charge is 0.282 e. The Balaban J connectivity index is 1.76. The summed E-state index contributed by atoms with van der Waals surface area (Å²) in [6, 6.07) is 12.2. The van der Waals surface area contributed by atoms with Gasteiger partial charge in [0.05, 0.1) is 23.3 Å². The number of amides is 3. The summed E-state index contributed by atoms with van der Waals surface area (Å²) in [7, 11) is 0. The van der Waals surface area contributed by atoms with Gasteiger partial charge in [-0.3, -0.25) is 24.5 Å². The highest BCUT2D eigenvalue weighted by molar-refractivity contribution is 6.30. The molecule has 31 heavy (non-hydrogen) atoms. The molecule has 2 aromatic rings. The first-order valence-corrected chi connectivity index (χ1v) is 10.4. The normalized spacial score (nSPS) is 20.5. The van der Waals surface area contributed by atoms with Crippen LogP contribution in [0.15, 0.2) is 48.5 Å². The Bertz CT molecular complexity index is 1030. The first-order valence-electron chi connectivity index (χ1n) is 10.1. The SMILES string of the molecule is O=C(c1ccccc1[N+](=O)[O-])N(Cc1ccc(Cl)cc1)N1C(=O)[C@H]2CCCC[C@@H]2C1=O. The zero-order valence-corrected chi connectivity index (χ0v) is 17.3. The quantitative estimate of drug-likeness (QED) is 0.397. The van der Waals surface area contributed by atoms with Crippen LogP contribution in [-0.4, -0.2) is 32.7 Å². The first kappa shape index (κ1) is 21.0. The number of imide groups is 1. The highest BCUT2D eigenvalue weighted by atomic mass is 35.5. The first-order chi connectivity index (χ1) is 14.9. The van der Waals surface area contributed by atoms with Crippen LogP contribution in [0.25, 0.3) is 0 Å². The van der Waals surface area contributed by atoms with Crippen molar-refractivity contribution in [2.24, 2.45) is 11.8 Å². The Kier molecular flexibility index (Phi) is 5.73. The number of hydrogen-bond acceptors (Lipinski definition) is 5. The molecule has 0 aromatic heterocycles. The zero-order valence-electron chi connectivity index (χ0n) is 16.6. The highest BCUT2D eigenvalue weighted by Gasteiger charge is 2.51. The Morgan fingerprint density at radius 3 is 2.19 bits per heavy atom. The number of carbonyl (C=O) groups excluding carboxylic acids is 3. The van der Waals surface area contributed by atoms with Crippen molar-refractivity contribution in [2.75, 3.05) is 0 Å². The number of halogens is 1. The lowest BCUT2D eigenvalue weighted by Gasteiger charge is -2.30. The Morgan fingerprint density at radius 2 is 1.61 bits per heavy atom. The van der Waals surface area contributed by atoms with E-state index in [4.69, 9.17) is 11.6 Å². The van der Waals surface area contributed by atoms with Crippen LogP contribution in [0.5, 0.6) is 0 Å². The third kappa shape index (κ3) is 3.90. The van der Waals surface area contributed by atoms with E-state index < -0.39 is 34.5 Å². The molecule has 0 bridgehead atoms. The summed E-state index contributed by atoms with van der Waals surface area (Å²) in [5, 5.41) is 13.9. The number of nitro benzene ring substituents is 1. The molecule has 0 radical (unpaired) electrons. The van der Waals surface area contributed by atoms with Crippen molar-refractivity contribution in [3.05, 3.63) is 74.8 Å². The number of hydrogen-bond donors (Lipinski definition) is 0. The minimum absolute atomic E-state index is 0.0982. The Morgan fingerprint density at radius 1 is 1.03 bits per heavy atom. The van der Waals surface area contributed by atoms with Crippen LogP contribution in [0.1, 0.15) is 41.6 Å². The van der Waals surface area contributed by atoms with Gasteiger partial charge in [-0.05, 0) is 36.6 Å². The highest BCUT2D eigenvalue weighted by Crippen LogP contribution is 2.39. The van der Waals surface area contributed by atoms with E-state index in [1.165, 1.54) is 24.3 Å². The predicted octanol–water partition coefficient (Wildman–Crippen LogP) is 3.98. The maximum Gasteiger partial charge on any atom is 0.282 e. The van der Waals surface area contributed by atoms with Gasteiger partial charge in [0.15, 0.2) is 0 Å². The van der Waals surface area contributed by atoms with E-state index in [9.17, 15) is 24.5 Å². The van der Waals surface area contributed by atoms with E-state index in [2.05, 4.69) is 0 Å². The number of para-hydroxylation sites is 1. The third-order valence-corrected chi connectivity index (χ3v) is 6.12. The van der Waals surface area contributed by atoms with Crippen molar-refractivity contribution in [2.45, 2.75) is 32.2 Å². The van der Waals surface area contributed by atoms with Crippen LogP contribution in [-0.2, 0) is 16.1 Å². The van der Waals surface area contributed by atoms with Gasteiger partial charge in [0.25, 0.3) is 23.4 Å². The number of nitrogens with zero attached hydrogens (tertiary/aromatic N) is 3. The van der Waals surface area contributed by atoms with Gasteiger partial charge in [-0.2, -0.15) is 5.01 Å². The second kappa shape index (κ2) is 8.47. The van der Waals surface area contributed by atoms with Gasteiger partial charge in [0.1, 0.15) is 5.56 Å². The summed E-state index contributed by atoms with van der Waals surface area (Å²) in [6.45, 7) is -0.0982. The minimum atomic E-state index is -0.775. The third-order valence-electron chi connectivity index (χ3n) is 5.87. The molecule has 0 spiro atoms. The maximum absolute atomic E-state index is 13.5. The fourth-order valence-corrected chi connectivity index (χ4v) is 4.46. The van der Waals surface area contributed by atoms with Gasteiger partial charge >= 0.3 is 0 Å². The lowest BCUT2D eigenvalue weighted by Crippen LogP contribution is -2.49. The van der Waals surface area contributed by atoms with Crippen molar-refractivity contribution < 1.29 is 19.3 Å². The van der Waals surface area contributed by atoms with Crippen molar-refractivity contribution >= 4 is 35.0 Å². The molecule has 1 heterocycles. The number of carbonyl (C=O) groups is 3. The van der Waals surface area contributed by atoms with Gasteiger partial charge in [-0.25, -0.2) is 5.01 Å². The van der Waals surface area contributed by atoms with Crippen LogP contribution >= 0.6 is 11.6 Å². The van der Waals surface area contributed by atoms with Crippen LogP contribution in [0.3, 0.4) is 0 Å². The standard InChI is InChI=1S/C22H20ClN3O5/c23-15-11-9-14(10-12-15)13-24(20(27)18-7-3-4-8-19(18)26(30)31)25-21(28)16-5-1-2-6-17(16)22(25)29/h3-4,7-12,16-17H,1-2,5-6,13H2/t16-,17-/m0/s1. The van der Waals surface area contributed by atoms with Gasteiger partial charge in [-0.15, -0.1) is 0 Å². The smallest absolute Gasteiger partial charge is 0.272 e. The lowest BCUT2D eigenvalue weighted by molar-refractivity contribution is -0.385. The summed E-state index contributed by atoms with van der Waals surface area (Å²) < 4.78 is 0. The summed E-state index contributed by atoms with van der Waals surface area (Å²) in [5.74, 6) is -2.52. The second-order valence-corrected chi connectivity index (χ2v) is 8.19. The van der Waals surface area contributed by atoms with E-state index in [1.807, 2.05) is 0 Å². The number of nitro groups is 1. The number of benzene rings is 2. The molecule has 1 aliphatic carbocycles. The average molecular weight is 442 g/mol. The monoisotopic (exact) mass is 441 g/mol. The summed E-state index contributed by atoms with van der Waals surface area (Å²) in [5.41, 5.74) is 0.0638. The second-order valence-electron chi connectivity index (χ2n) is 7.75. The zero-order chi connectivity index (χ0) is 22.1. The molecular weight excluding hydrogens is 422 g/mol. The number of hydrazine groups is 1. The predicted molar refractivity (Wildman–Crippen MR) is 112 cm³/mol. The van der Waals surface area contributed by atoms with E-state index in [-0.39, 0.29) is 17.8 Å². The molecule has 9 heteroatoms. The molecular formula is C22H20ClN3O5. The average Bonchev–Trinajstić information content (AvgIpc) is 3.03. The van der Waals surface area contributed by atoms with Crippen LogP contribution in [0, 0.1) is 22.0 Å². The van der Waals surface area contributed by atoms with E-state index in [0.717, 1.165) is 22.9 Å².